The van der Waals surface area contributed by atoms with Crippen LogP contribution >= 0.6 is 0 Å². The molecule has 13 nitrogen and oxygen atoms in total. The fourth-order valence-electron chi connectivity index (χ4n) is 4.51. The molecule has 2 aromatic carbocycles. The number of ether oxygens (including phenoxy) is 1. The van der Waals surface area contributed by atoms with Crippen LogP contribution in [0.25, 0.3) is 11.1 Å². The summed E-state index contributed by atoms with van der Waals surface area (Å²) in [5.41, 5.74) is 8.27. The van der Waals surface area contributed by atoms with Crippen LogP contribution in [0.2, 0.25) is 0 Å². The lowest BCUT2D eigenvalue weighted by Gasteiger charge is -2.29. The molecule has 0 spiro atoms. The number of hydrogen-bond donors (Lipinski definition) is 4. The number of carbonyl (C=O) groups excluding carboxylic acids is 3. The van der Waals surface area contributed by atoms with Gasteiger partial charge >= 0.3 is 16.1 Å². The van der Waals surface area contributed by atoms with Gasteiger partial charge in [-0.1, -0.05) is 26.8 Å². The van der Waals surface area contributed by atoms with E-state index in [2.05, 4.69) is 20.0 Å². The molecule has 5 N–H and O–H groups in total. The Balaban J connectivity index is 2.04. The van der Waals surface area contributed by atoms with Crippen LogP contribution in [0, 0.1) is 10.8 Å². The van der Waals surface area contributed by atoms with Crippen molar-refractivity contribution in [2.45, 2.75) is 40.0 Å². The number of amidine groups is 1. The van der Waals surface area contributed by atoms with Crippen molar-refractivity contribution in [3.05, 3.63) is 77.0 Å². The van der Waals surface area contributed by atoms with Crippen molar-refractivity contribution in [2.75, 3.05) is 25.3 Å². The Morgan fingerprint density at radius 1 is 0.911 bits per heavy atom. The normalized spacial score (nSPS) is 11.4. The van der Waals surface area contributed by atoms with Gasteiger partial charge in [-0.25, -0.2) is 15.3 Å². The van der Waals surface area contributed by atoms with Crippen molar-refractivity contribution < 1.29 is 36.6 Å². The summed E-state index contributed by atoms with van der Waals surface area (Å²) in [5, 5.41) is 10.2. The van der Waals surface area contributed by atoms with Crippen LogP contribution in [0.15, 0.2) is 54.6 Å². The van der Waals surface area contributed by atoms with Gasteiger partial charge in [0, 0.05) is 28.4 Å². The maximum absolute atomic E-state index is 13.5. The predicted octanol–water partition coefficient (Wildman–Crippen LogP) is 4.29. The summed E-state index contributed by atoms with van der Waals surface area (Å²) in [7, 11) is -2.88. The van der Waals surface area contributed by atoms with E-state index in [1.807, 2.05) is 20.8 Å². The molecule has 0 unspecified atom stereocenters. The van der Waals surface area contributed by atoms with Gasteiger partial charge in [-0.05, 0) is 72.7 Å². The lowest BCUT2D eigenvalue weighted by molar-refractivity contribution is -0.0184. The third-order valence-electron chi connectivity index (χ3n) is 7.56. The molecule has 0 saturated carbocycles. The van der Waals surface area contributed by atoms with E-state index in [9.17, 15) is 22.8 Å². The molecule has 3 rings (SSSR count). The first-order valence-corrected chi connectivity index (χ1v) is 15.9. The zero-order valence-corrected chi connectivity index (χ0v) is 26.5. The monoisotopic (exact) mass is 639 g/mol. The van der Waals surface area contributed by atoms with E-state index < -0.39 is 27.9 Å². The van der Waals surface area contributed by atoms with Crippen molar-refractivity contribution in [3.8, 4) is 17.0 Å². The van der Waals surface area contributed by atoms with Crippen LogP contribution in [0.5, 0.6) is 5.88 Å². The number of nitrogens with two attached hydrogens (primary N) is 1. The van der Waals surface area contributed by atoms with Crippen molar-refractivity contribution in [1.29, 1.82) is 5.41 Å². The summed E-state index contributed by atoms with van der Waals surface area (Å²) in [4.78, 5) is 49.4. The Kier molecular flexibility index (Phi) is 11.4. The second-order valence-electron chi connectivity index (χ2n) is 10.3. The number of aromatic nitrogens is 1. The van der Waals surface area contributed by atoms with Crippen molar-refractivity contribution >= 4 is 39.4 Å². The highest BCUT2D eigenvalue weighted by Gasteiger charge is 2.27. The van der Waals surface area contributed by atoms with Gasteiger partial charge in [-0.15, -0.1) is 0 Å². The minimum Gasteiger partial charge on any atom is -0.481 e. The third kappa shape index (κ3) is 8.86. The second-order valence-corrected chi connectivity index (χ2v) is 11.9. The summed E-state index contributed by atoms with van der Waals surface area (Å²) in [5.74, 6) is -2.69. The average Bonchev–Trinajstić information content (AvgIpc) is 3.02. The number of anilines is 1. The molecule has 45 heavy (non-hydrogen) atoms. The van der Waals surface area contributed by atoms with Gasteiger partial charge in [0.15, 0.2) is 0 Å². The Morgan fingerprint density at radius 2 is 1.51 bits per heavy atom. The molecule has 0 aliphatic heterocycles. The molecule has 0 aliphatic rings. The quantitative estimate of drug-likeness (QED) is 0.0854. The first-order valence-electron chi connectivity index (χ1n) is 14.1. The number of carbonyl (C=O) groups is 3. The average molecular weight is 640 g/mol. The number of nitrogens with zero attached hydrogens (tertiary/aromatic N) is 1. The topological polar surface area (TPSA) is 200 Å². The number of hydrogen-bond acceptors (Lipinski definition) is 10. The molecule has 3 aromatic rings. The SMILES string of the molecule is CCC(CC)(CC)CONC(=O)c1ccc(-c2ccc(OC)nc2C(=O)Nc2ccc(C(=N)N)cc2)c(C(=O)OS(C)(=O)=O)c1. The molecular formula is C31H37N5O8S. The molecule has 0 fully saturated rings. The maximum atomic E-state index is 13.5. The summed E-state index contributed by atoms with van der Waals surface area (Å²) < 4.78 is 33.6. The number of nitrogen functional groups attached to an aromatic ring is 1. The van der Waals surface area contributed by atoms with Gasteiger partial charge in [-0.3, -0.25) is 19.8 Å². The molecule has 2 amide bonds. The van der Waals surface area contributed by atoms with Gasteiger partial charge in [0.1, 0.15) is 11.5 Å². The van der Waals surface area contributed by atoms with Gasteiger partial charge in [0.25, 0.3) is 11.8 Å². The highest BCUT2D eigenvalue weighted by molar-refractivity contribution is 7.86. The predicted molar refractivity (Wildman–Crippen MR) is 169 cm³/mol. The molecule has 0 saturated heterocycles. The smallest absolute Gasteiger partial charge is 0.354 e. The van der Waals surface area contributed by atoms with Gasteiger partial charge in [0.05, 0.1) is 25.5 Å². The molecule has 0 aliphatic carbocycles. The number of hydroxylamine groups is 1. The highest BCUT2D eigenvalue weighted by Crippen LogP contribution is 2.32. The van der Waals surface area contributed by atoms with E-state index >= 15 is 0 Å². The number of nitrogens with one attached hydrogen (secondary N) is 3. The summed E-state index contributed by atoms with van der Waals surface area (Å²) in [6.07, 6.45) is 3.26. The first kappa shape index (κ1) is 34.7. The van der Waals surface area contributed by atoms with E-state index in [4.69, 9.17) is 20.7 Å². The molecule has 1 aromatic heterocycles. The molecule has 0 bridgehead atoms. The molecule has 1 heterocycles. The Labute approximate surface area is 262 Å². The number of amides is 2. The van der Waals surface area contributed by atoms with Gasteiger partial charge in [-0.2, -0.15) is 8.42 Å². The number of methoxy groups -OCH3 is 1. The summed E-state index contributed by atoms with van der Waals surface area (Å²) >= 11 is 0. The van der Waals surface area contributed by atoms with Crippen LogP contribution in [-0.2, 0) is 19.1 Å². The fourth-order valence-corrected chi connectivity index (χ4v) is 4.87. The molecule has 0 atom stereocenters. The van der Waals surface area contributed by atoms with Crippen LogP contribution in [0.3, 0.4) is 0 Å². The van der Waals surface area contributed by atoms with E-state index in [0.717, 1.165) is 25.3 Å². The van der Waals surface area contributed by atoms with Crippen molar-refractivity contribution in [2.24, 2.45) is 11.1 Å². The highest BCUT2D eigenvalue weighted by atomic mass is 32.2. The second kappa shape index (κ2) is 14.8. The van der Waals surface area contributed by atoms with Gasteiger partial charge in [0.2, 0.25) is 5.88 Å². The Bertz CT molecular complexity index is 1680. The molecule has 14 heteroatoms. The third-order valence-corrected chi connectivity index (χ3v) is 8.01. The van der Waals surface area contributed by atoms with Crippen LogP contribution in [0.1, 0.15) is 76.8 Å². The minimum absolute atomic E-state index is 0.0210. The fraction of sp³-hybridized carbons (Fsp3) is 0.323. The Morgan fingerprint density at radius 3 is 2.07 bits per heavy atom. The number of benzene rings is 2. The summed E-state index contributed by atoms with van der Waals surface area (Å²) in [6.45, 7) is 6.41. The number of pyridine rings is 1. The first-order chi connectivity index (χ1) is 21.3. The van der Waals surface area contributed by atoms with E-state index in [1.165, 1.54) is 31.4 Å². The zero-order valence-electron chi connectivity index (χ0n) is 25.7. The molecule has 0 radical (unpaired) electrons. The van der Waals surface area contributed by atoms with E-state index in [1.54, 1.807) is 24.3 Å². The van der Waals surface area contributed by atoms with Crippen molar-refractivity contribution in [1.82, 2.24) is 10.5 Å². The van der Waals surface area contributed by atoms with E-state index in [-0.39, 0.29) is 51.7 Å². The minimum atomic E-state index is -4.24. The van der Waals surface area contributed by atoms with Crippen LogP contribution in [0.4, 0.5) is 5.69 Å². The number of rotatable bonds is 14. The van der Waals surface area contributed by atoms with Crippen LogP contribution < -0.4 is 21.3 Å². The van der Waals surface area contributed by atoms with Crippen molar-refractivity contribution in [3.63, 3.8) is 0 Å². The summed E-state index contributed by atoms with van der Waals surface area (Å²) in [6, 6.07) is 13.0. The van der Waals surface area contributed by atoms with E-state index in [0.29, 0.717) is 17.5 Å². The lowest BCUT2D eigenvalue weighted by Crippen LogP contribution is -2.32. The molecule has 240 valence electrons. The van der Waals surface area contributed by atoms with Gasteiger partial charge < -0.3 is 20.0 Å². The molecular weight excluding hydrogens is 602 g/mol. The largest absolute Gasteiger partial charge is 0.481 e. The maximum Gasteiger partial charge on any atom is 0.354 e. The standard InChI is InChI=1S/C31H37N5O8S/c1-6-31(7-2,8-3)18-43-36-28(37)20-11-14-22(24(17-20)30(39)44-45(5,40)41)23-15-16-25(42-4)35-26(23)29(38)34-21-12-9-19(10-13-21)27(32)33/h9-17H,6-8,18H2,1-5H3,(H3,32,33)(H,34,38)(H,36,37). The zero-order chi connectivity index (χ0) is 33.4. The lowest BCUT2D eigenvalue weighted by atomic mass is 9.81. The van der Waals surface area contributed by atoms with Crippen LogP contribution in [-0.4, -0.2) is 57.0 Å². The Hall–Kier alpha value is -4.82.